The molecule has 0 aliphatic rings. The molecule has 0 aliphatic heterocycles. The van der Waals surface area contributed by atoms with Crippen molar-refractivity contribution in [2.45, 2.75) is 97.0 Å². The number of alkyl carbamates (subject to hydrolysis) is 1. The Morgan fingerprint density at radius 2 is 1.53 bits per heavy atom. The number of benzene rings is 2. The number of aromatic nitrogens is 7. The van der Waals surface area contributed by atoms with Gasteiger partial charge in [-0.2, -0.15) is 4.98 Å². The van der Waals surface area contributed by atoms with Crippen LogP contribution in [-0.4, -0.2) is 152 Å². The summed E-state index contributed by atoms with van der Waals surface area (Å²) in [7, 11) is 3.17. The number of imidazole rings is 1. The first-order valence-corrected chi connectivity index (χ1v) is 29.0. The van der Waals surface area contributed by atoms with Gasteiger partial charge in [-0.25, -0.2) is 29.5 Å². The average Bonchev–Trinajstić information content (AvgIpc) is 3.98. The zero-order valence-electron chi connectivity index (χ0n) is 46.4. The summed E-state index contributed by atoms with van der Waals surface area (Å²) in [6, 6.07) is 12.9. The van der Waals surface area contributed by atoms with Gasteiger partial charge < -0.3 is 66.7 Å². The third-order valence-corrected chi connectivity index (χ3v) is 15.5. The highest BCUT2D eigenvalue weighted by molar-refractivity contribution is 8.77. The summed E-state index contributed by atoms with van der Waals surface area (Å²) in [5.74, 6) is -0.565. The minimum atomic E-state index is -1.30. The van der Waals surface area contributed by atoms with Gasteiger partial charge in [0.1, 0.15) is 24.0 Å². The first kappa shape index (κ1) is 62.9. The average molecular weight is 1160 g/mol. The number of ether oxygens (including phenoxy) is 4. The molecule has 0 aliphatic carbocycles. The van der Waals surface area contributed by atoms with Gasteiger partial charge in [-0.1, -0.05) is 67.0 Å². The number of fused-ring (bicyclic) bond motifs is 4. The second-order valence-corrected chi connectivity index (χ2v) is 23.4. The Morgan fingerprint density at radius 3 is 2.27 bits per heavy atom. The maximum absolute atomic E-state index is 12.9. The smallest absolute Gasteiger partial charge is 0.407 e. The predicted octanol–water partition coefficient (Wildman–Crippen LogP) is 4.98. The van der Waals surface area contributed by atoms with E-state index >= 15 is 0 Å². The molecule has 0 fully saturated rings. The predicted molar refractivity (Wildman–Crippen MR) is 313 cm³/mol. The normalized spacial score (nSPS) is 12.1. The largest absolute Gasteiger partial charge is 0.480 e. The molecule has 6 aromatic rings. The van der Waals surface area contributed by atoms with Crippen molar-refractivity contribution in [3.05, 3.63) is 82.2 Å². The van der Waals surface area contributed by atoms with E-state index in [0.717, 1.165) is 41.5 Å². The summed E-state index contributed by atoms with van der Waals surface area (Å²) in [4.78, 5) is 98.8. The van der Waals surface area contributed by atoms with Gasteiger partial charge in [0.25, 0.3) is 11.5 Å². The molecule has 11 N–H and O–H groups in total. The van der Waals surface area contributed by atoms with Crippen molar-refractivity contribution in [2.75, 3.05) is 88.4 Å². The molecule has 0 radical (unpaired) electrons. The number of H-pyrrole nitrogens is 1. The molecule has 4 amide bonds. The lowest BCUT2D eigenvalue weighted by molar-refractivity contribution is -0.139. The maximum atomic E-state index is 12.9. The van der Waals surface area contributed by atoms with Crippen LogP contribution in [-0.2, 0) is 52.8 Å². The molecule has 1 atom stereocenters. The number of para-hydroxylation sites is 1. The quantitative estimate of drug-likeness (QED) is 0.0187. The number of carboxylic acids is 1. The lowest BCUT2D eigenvalue weighted by Gasteiger charge is -2.27. The number of carbonyl (C=O) groups is 5. The standard InChI is InChI=1S/C54H74N14O11S2/c1-6-7-12-40-65-43-45(37-10-8-9-11-38(37)63-46(43)55)68(40)33-53(2,3)31-61-52(75)79-27-28-80-81-54(4,5)32-60-42(70)19-21-76-23-25-78-26-24-77-22-20-57-41(69)18-17-39(50(73)74)64-48(71)34-13-15-35(16-14-34)58-29-36-30-59-47-44(62-36)49(72)67-51(56)66-47/h8-11,13-16,30,39,58H,6-7,12,17-29,31-33H2,1-5H3,(H2,55,63)(H,57,69)(H,60,70)(H,61,75)(H,64,71)(H,73,74)(H3,56,59,66,67,72). The Kier molecular flexibility index (Phi) is 24.1. The summed E-state index contributed by atoms with van der Waals surface area (Å²) in [5, 5.41) is 24.8. The molecular formula is C54H74N14O11S2. The van der Waals surface area contributed by atoms with Gasteiger partial charge in [-0.05, 0) is 57.0 Å². The summed E-state index contributed by atoms with van der Waals surface area (Å²) < 4.78 is 24.0. The third-order valence-electron chi connectivity index (χ3n) is 12.3. The van der Waals surface area contributed by atoms with Gasteiger partial charge in [-0.15, -0.1) is 0 Å². The molecule has 1 unspecified atom stereocenters. The Morgan fingerprint density at radius 1 is 0.815 bits per heavy atom. The number of hydrogen-bond acceptors (Lipinski definition) is 20. The van der Waals surface area contributed by atoms with Gasteiger partial charge in [-0.3, -0.25) is 24.2 Å². The van der Waals surface area contributed by atoms with E-state index in [2.05, 4.69) is 76.8 Å². The van der Waals surface area contributed by atoms with E-state index in [1.807, 2.05) is 38.1 Å². The number of nitrogen functional groups attached to an aromatic ring is 2. The second kappa shape index (κ2) is 31.0. The van der Waals surface area contributed by atoms with Gasteiger partial charge in [0.15, 0.2) is 17.0 Å². The van der Waals surface area contributed by atoms with Crippen molar-refractivity contribution in [1.29, 1.82) is 0 Å². The summed E-state index contributed by atoms with van der Waals surface area (Å²) in [6.45, 7) is 14.1. The van der Waals surface area contributed by atoms with E-state index in [1.54, 1.807) is 33.7 Å². The van der Waals surface area contributed by atoms with Crippen molar-refractivity contribution in [3.8, 4) is 0 Å². The first-order chi connectivity index (χ1) is 38.8. The number of rotatable bonds is 35. The van der Waals surface area contributed by atoms with Crippen LogP contribution >= 0.6 is 21.6 Å². The SMILES string of the molecule is CCCCc1nc2c(N)nc3ccccc3c2n1CC(C)(C)CNC(=O)OCCSSC(C)(C)CNC(=O)CCOCCOCCOCCNC(=O)CCC(NC(=O)c1ccc(NCc2cnc3nc(N)[nH]c(=O)c3n2)cc1)C(=O)O. The fourth-order valence-corrected chi connectivity index (χ4v) is 10.3. The van der Waals surface area contributed by atoms with Crippen molar-refractivity contribution in [1.82, 2.24) is 55.7 Å². The molecule has 81 heavy (non-hydrogen) atoms. The number of anilines is 3. The highest BCUT2D eigenvalue weighted by Gasteiger charge is 2.27. The van der Waals surface area contributed by atoms with Crippen LogP contribution in [0.1, 0.15) is 88.6 Å². The summed E-state index contributed by atoms with van der Waals surface area (Å²) in [6.07, 6.45) is 3.73. The van der Waals surface area contributed by atoms with Crippen LogP contribution in [0.25, 0.3) is 33.1 Å². The van der Waals surface area contributed by atoms with Gasteiger partial charge in [0, 0.05) is 78.0 Å². The lowest BCUT2D eigenvalue weighted by atomic mass is 9.93. The number of nitrogens with zero attached hydrogens (tertiary/aromatic N) is 6. The van der Waals surface area contributed by atoms with Crippen LogP contribution in [0.15, 0.2) is 59.5 Å². The molecule has 4 heterocycles. The van der Waals surface area contributed by atoms with E-state index in [-0.39, 0.29) is 104 Å². The zero-order valence-corrected chi connectivity index (χ0v) is 48.0. The number of carbonyl (C=O) groups excluding carboxylic acids is 4. The van der Waals surface area contributed by atoms with Crippen molar-refractivity contribution < 1.29 is 48.0 Å². The molecule has 0 bridgehead atoms. The lowest BCUT2D eigenvalue weighted by Crippen LogP contribution is -2.41. The number of aliphatic carboxylic acids is 1. The van der Waals surface area contributed by atoms with E-state index in [9.17, 15) is 33.9 Å². The number of aryl methyl sites for hydroxylation is 1. The zero-order chi connectivity index (χ0) is 58.4. The van der Waals surface area contributed by atoms with E-state index in [1.165, 1.54) is 18.3 Å². The molecular weight excluding hydrogens is 1080 g/mol. The molecule has 4 aromatic heterocycles. The Bertz CT molecular complexity index is 3140. The Labute approximate surface area is 476 Å². The topological polar surface area (TPSA) is 357 Å². The Hall–Kier alpha value is -7.33. The van der Waals surface area contributed by atoms with Crippen LogP contribution in [0.5, 0.6) is 0 Å². The van der Waals surface area contributed by atoms with Crippen molar-refractivity contribution >= 4 is 102 Å². The molecule has 27 heteroatoms. The van der Waals surface area contributed by atoms with Crippen LogP contribution in [0.4, 0.5) is 22.2 Å². The Balaban J connectivity index is 0.735. The molecule has 0 spiro atoms. The summed E-state index contributed by atoms with van der Waals surface area (Å²) >= 11 is 0. The monoisotopic (exact) mass is 1160 g/mol. The molecule has 0 saturated carbocycles. The van der Waals surface area contributed by atoms with Gasteiger partial charge in [0.2, 0.25) is 17.8 Å². The number of unbranched alkanes of at least 4 members (excludes halogenated alkanes) is 1. The number of aromatic amines is 1. The highest BCUT2D eigenvalue weighted by Crippen LogP contribution is 2.35. The molecule has 6 rings (SSSR count). The molecule has 2 aromatic carbocycles. The van der Waals surface area contributed by atoms with Crippen LogP contribution in [0.2, 0.25) is 0 Å². The fourth-order valence-electron chi connectivity index (χ4n) is 8.07. The first-order valence-electron chi connectivity index (χ1n) is 26.7. The number of nitrogens with one attached hydrogen (secondary N) is 6. The fraction of sp³-hybridized carbons (Fsp3) is 0.500. The highest BCUT2D eigenvalue weighted by atomic mass is 33.1. The molecule has 0 saturated heterocycles. The second-order valence-electron chi connectivity index (χ2n) is 20.3. The van der Waals surface area contributed by atoms with E-state index < -0.39 is 35.5 Å². The van der Waals surface area contributed by atoms with Gasteiger partial charge >= 0.3 is 12.1 Å². The number of pyridine rings is 1. The minimum absolute atomic E-state index is 0.0455. The number of amides is 4. The summed E-state index contributed by atoms with van der Waals surface area (Å²) in [5.41, 5.74) is 15.0. The molecule has 438 valence electrons. The van der Waals surface area contributed by atoms with Crippen LogP contribution < -0.4 is 43.6 Å². The van der Waals surface area contributed by atoms with E-state index in [4.69, 9.17) is 35.4 Å². The third kappa shape index (κ3) is 20.3. The van der Waals surface area contributed by atoms with Crippen LogP contribution in [0, 0.1) is 5.41 Å². The van der Waals surface area contributed by atoms with Gasteiger partial charge in [0.05, 0.1) is 69.1 Å². The number of carboxylic acid groups (broad SMARTS) is 1. The van der Waals surface area contributed by atoms with Crippen molar-refractivity contribution in [2.24, 2.45) is 5.41 Å². The van der Waals surface area contributed by atoms with E-state index in [0.29, 0.717) is 61.3 Å². The number of nitrogens with two attached hydrogens (primary N) is 2. The molecule has 25 nitrogen and oxygen atoms in total. The number of hydrogen-bond donors (Lipinski definition) is 9. The minimum Gasteiger partial charge on any atom is -0.480 e. The maximum Gasteiger partial charge on any atom is 0.407 e. The van der Waals surface area contributed by atoms with Crippen molar-refractivity contribution in [3.63, 3.8) is 0 Å². The van der Waals surface area contributed by atoms with Crippen LogP contribution in [0.3, 0.4) is 0 Å².